The first-order valence-electron chi connectivity index (χ1n) is 10.7. The Labute approximate surface area is 192 Å². The summed E-state index contributed by atoms with van der Waals surface area (Å²) in [5.74, 6) is -3.24. The first kappa shape index (κ1) is 21.7. The summed E-state index contributed by atoms with van der Waals surface area (Å²) in [5.41, 5.74) is 2.31. The van der Waals surface area contributed by atoms with Crippen LogP contribution >= 0.6 is 0 Å². The lowest BCUT2D eigenvalue weighted by molar-refractivity contribution is -0.137. The zero-order chi connectivity index (χ0) is 24.0. The van der Waals surface area contributed by atoms with Crippen LogP contribution in [0.3, 0.4) is 0 Å². The molecule has 5 rings (SSSR count). The lowest BCUT2D eigenvalue weighted by atomic mass is 10.0. The van der Waals surface area contributed by atoms with Crippen LogP contribution in [0, 0.1) is 11.6 Å². The zero-order valence-corrected chi connectivity index (χ0v) is 17.8. The van der Waals surface area contributed by atoms with Gasteiger partial charge in [0.25, 0.3) is 11.8 Å². The molecule has 8 nitrogen and oxygen atoms in total. The van der Waals surface area contributed by atoms with Crippen molar-refractivity contribution >= 4 is 29.7 Å². The number of carbonyl (C=O) groups is 4. The molecule has 2 aromatic rings. The topological polar surface area (TPSA) is 105 Å². The molecule has 2 aromatic carbocycles. The van der Waals surface area contributed by atoms with Crippen molar-refractivity contribution in [2.24, 2.45) is 0 Å². The SMILES string of the molecule is O=C1CCC(N2Cc3cc(CNC(=O)C4=Cc5cc(F)cc(F)c5OC4)ccc3C2=O)C(=O)N1. The number of hydrogen-bond acceptors (Lipinski definition) is 5. The smallest absolute Gasteiger partial charge is 0.255 e. The first-order valence-corrected chi connectivity index (χ1v) is 10.7. The van der Waals surface area contributed by atoms with E-state index in [9.17, 15) is 28.0 Å². The maximum absolute atomic E-state index is 13.8. The number of rotatable bonds is 4. The molecule has 0 aliphatic carbocycles. The predicted molar refractivity (Wildman–Crippen MR) is 114 cm³/mol. The second-order valence-electron chi connectivity index (χ2n) is 8.34. The summed E-state index contributed by atoms with van der Waals surface area (Å²) in [7, 11) is 0. The van der Waals surface area contributed by atoms with Crippen molar-refractivity contribution < 1.29 is 32.7 Å². The fraction of sp³-hybridized carbons (Fsp3) is 0.250. The minimum absolute atomic E-state index is 0.0955. The Morgan fingerprint density at radius 1 is 1.18 bits per heavy atom. The molecule has 3 aliphatic rings. The average Bonchev–Trinajstić information content (AvgIpc) is 3.12. The predicted octanol–water partition coefficient (Wildman–Crippen LogP) is 1.82. The van der Waals surface area contributed by atoms with Crippen LogP contribution in [0.5, 0.6) is 5.75 Å². The Morgan fingerprint density at radius 3 is 2.79 bits per heavy atom. The molecule has 1 atom stereocenters. The molecule has 0 aromatic heterocycles. The molecular weight excluding hydrogens is 448 g/mol. The summed E-state index contributed by atoms with van der Waals surface area (Å²) in [6.07, 6.45) is 1.85. The molecule has 3 aliphatic heterocycles. The van der Waals surface area contributed by atoms with Gasteiger partial charge in [-0.3, -0.25) is 24.5 Å². The van der Waals surface area contributed by atoms with Crippen molar-refractivity contribution in [3.8, 4) is 5.75 Å². The van der Waals surface area contributed by atoms with E-state index in [2.05, 4.69) is 10.6 Å². The van der Waals surface area contributed by atoms with Gasteiger partial charge in [-0.25, -0.2) is 8.78 Å². The molecule has 10 heteroatoms. The summed E-state index contributed by atoms with van der Waals surface area (Å²) in [6, 6.07) is 6.25. The molecular formula is C24H19F2N3O5. The van der Waals surface area contributed by atoms with Gasteiger partial charge in [0.1, 0.15) is 18.5 Å². The van der Waals surface area contributed by atoms with Gasteiger partial charge in [0.2, 0.25) is 11.8 Å². The number of halogens is 2. The lowest BCUT2D eigenvalue weighted by Crippen LogP contribution is -2.52. The molecule has 0 saturated carbocycles. The molecule has 174 valence electrons. The summed E-state index contributed by atoms with van der Waals surface area (Å²) < 4.78 is 32.6. The Bertz CT molecular complexity index is 1290. The van der Waals surface area contributed by atoms with Crippen LogP contribution in [-0.2, 0) is 27.5 Å². The van der Waals surface area contributed by atoms with Gasteiger partial charge in [-0.2, -0.15) is 0 Å². The van der Waals surface area contributed by atoms with Gasteiger partial charge >= 0.3 is 0 Å². The van der Waals surface area contributed by atoms with Gasteiger partial charge in [-0.1, -0.05) is 12.1 Å². The number of nitrogens with one attached hydrogen (secondary N) is 2. The van der Waals surface area contributed by atoms with Crippen molar-refractivity contribution in [3.05, 3.63) is 69.8 Å². The van der Waals surface area contributed by atoms with E-state index in [-0.39, 0.29) is 61.2 Å². The highest BCUT2D eigenvalue weighted by molar-refractivity contribution is 6.05. The minimum Gasteiger partial charge on any atom is -0.485 e. The van der Waals surface area contributed by atoms with Crippen LogP contribution in [0.4, 0.5) is 8.78 Å². The highest BCUT2D eigenvalue weighted by Crippen LogP contribution is 2.31. The summed E-state index contributed by atoms with van der Waals surface area (Å²) >= 11 is 0. The lowest BCUT2D eigenvalue weighted by Gasteiger charge is -2.29. The number of ether oxygens (including phenoxy) is 1. The van der Waals surface area contributed by atoms with E-state index in [1.807, 2.05) is 0 Å². The van der Waals surface area contributed by atoms with Crippen LogP contribution in [0.25, 0.3) is 6.08 Å². The van der Waals surface area contributed by atoms with E-state index in [0.717, 1.165) is 23.3 Å². The maximum Gasteiger partial charge on any atom is 0.255 e. The second kappa shape index (κ2) is 8.36. The third-order valence-electron chi connectivity index (χ3n) is 6.07. The Balaban J connectivity index is 1.26. The standard InChI is InChI=1S/C24H19F2N3O5/c25-16-7-13-6-15(11-34-21(13)18(26)8-16)22(31)27-9-12-1-2-17-14(5-12)10-29(24(17)33)19-3-4-20(30)28-23(19)32/h1-2,5-8,19H,3-4,9-11H2,(H,27,31)(H,28,30,32). The Hall–Kier alpha value is -4.08. The molecule has 4 amide bonds. The molecule has 2 N–H and O–H groups in total. The second-order valence-corrected chi connectivity index (χ2v) is 8.34. The van der Waals surface area contributed by atoms with E-state index in [4.69, 9.17) is 4.74 Å². The maximum atomic E-state index is 13.8. The quantitative estimate of drug-likeness (QED) is 0.668. The van der Waals surface area contributed by atoms with Gasteiger partial charge in [-0.15, -0.1) is 0 Å². The van der Waals surface area contributed by atoms with Crippen molar-refractivity contribution in [2.45, 2.75) is 32.0 Å². The van der Waals surface area contributed by atoms with Gasteiger partial charge in [0.15, 0.2) is 11.6 Å². The first-order chi connectivity index (χ1) is 16.3. The summed E-state index contributed by atoms with van der Waals surface area (Å²) in [5, 5.41) is 5.01. The highest BCUT2D eigenvalue weighted by Gasteiger charge is 2.39. The number of imide groups is 1. The number of nitrogens with zero attached hydrogens (tertiary/aromatic N) is 1. The molecule has 3 heterocycles. The van der Waals surface area contributed by atoms with Gasteiger partial charge in [0.05, 0.1) is 5.57 Å². The monoisotopic (exact) mass is 467 g/mol. The zero-order valence-electron chi connectivity index (χ0n) is 17.8. The van der Waals surface area contributed by atoms with Gasteiger partial charge in [-0.05, 0) is 35.8 Å². The molecule has 0 spiro atoms. The number of piperidine rings is 1. The largest absolute Gasteiger partial charge is 0.485 e. The third kappa shape index (κ3) is 3.91. The number of carbonyl (C=O) groups excluding carboxylic acids is 4. The summed E-state index contributed by atoms with van der Waals surface area (Å²) in [4.78, 5) is 50.4. The molecule has 1 fully saturated rings. The number of fused-ring (bicyclic) bond motifs is 2. The van der Waals surface area contributed by atoms with Crippen LogP contribution in [-0.4, -0.2) is 41.2 Å². The van der Waals surface area contributed by atoms with Gasteiger partial charge in [0, 0.05) is 36.7 Å². The fourth-order valence-corrected chi connectivity index (χ4v) is 4.38. The normalized spacial score (nSPS) is 19.1. The van der Waals surface area contributed by atoms with E-state index in [1.165, 1.54) is 11.0 Å². The van der Waals surface area contributed by atoms with E-state index < -0.39 is 29.5 Å². The number of benzene rings is 2. The Kier molecular flexibility index (Phi) is 5.35. The third-order valence-corrected chi connectivity index (χ3v) is 6.07. The van der Waals surface area contributed by atoms with Crippen molar-refractivity contribution in [1.29, 1.82) is 0 Å². The van der Waals surface area contributed by atoms with Crippen LogP contribution in [0.2, 0.25) is 0 Å². The highest BCUT2D eigenvalue weighted by atomic mass is 19.1. The van der Waals surface area contributed by atoms with Crippen molar-refractivity contribution in [1.82, 2.24) is 15.5 Å². The van der Waals surface area contributed by atoms with Crippen LogP contribution in [0.15, 0.2) is 35.9 Å². The number of amides is 4. The average molecular weight is 467 g/mol. The molecule has 34 heavy (non-hydrogen) atoms. The van der Waals surface area contributed by atoms with Crippen LogP contribution in [0.1, 0.15) is 39.9 Å². The van der Waals surface area contributed by atoms with E-state index >= 15 is 0 Å². The van der Waals surface area contributed by atoms with Crippen molar-refractivity contribution in [3.63, 3.8) is 0 Å². The Morgan fingerprint density at radius 2 is 2.00 bits per heavy atom. The molecule has 0 bridgehead atoms. The minimum atomic E-state index is -0.829. The number of hydrogen-bond donors (Lipinski definition) is 2. The van der Waals surface area contributed by atoms with Gasteiger partial charge < -0.3 is 15.0 Å². The summed E-state index contributed by atoms with van der Waals surface area (Å²) in [6.45, 7) is 0.233. The molecule has 1 saturated heterocycles. The fourth-order valence-electron chi connectivity index (χ4n) is 4.38. The molecule has 0 radical (unpaired) electrons. The molecule has 1 unspecified atom stereocenters. The van der Waals surface area contributed by atoms with Crippen molar-refractivity contribution in [2.75, 3.05) is 6.61 Å². The van der Waals surface area contributed by atoms with E-state index in [0.29, 0.717) is 5.56 Å². The van der Waals surface area contributed by atoms with Crippen LogP contribution < -0.4 is 15.4 Å². The van der Waals surface area contributed by atoms with E-state index in [1.54, 1.807) is 18.2 Å².